The summed E-state index contributed by atoms with van der Waals surface area (Å²) in [7, 11) is 0. The van der Waals surface area contributed by atoms with Gasteiger partial charge < -0.3 is 15.4 Å². The van der Waals surface area contributed by atoms with Crippen molar-refractivity contribution in [3.05, 3.63) is 101 Å². The summed E-state index contributed by atoms with van der Waals surface area (Å²) in [5.74, 6) is -1.98. The maximum atomic E-state index is 12.8. The molecule has 0 aromatic heterocycles. The van der Waals surface area contributed by atoms with Gasteiger partial charge in [-0.2, -0.15) is 0 Å². The lowest BCUT2D eigenvalue weighted by molar-refractivity contribution is -0.120. The van der Waals surface area contributed by atoms with E-state index in [4.69, 9.17) is 16.3 Å². The maximum absolute atomic E-state index is 12.8. The van der Waals surface area contributed by atoms with E-state index in [1.54, 1.807) is 92.7 Å². The van der Waals surface area contributed by atoms with Crippen LogP contribution in [-0.4, -0.2) is 29.8 Å². The van der Waals surface area contributed by atoms with Crippen LogP contribution in [0.25, 0.3) is 0 Å². The number of nitrogens with one attached hydrogen (secondary N) is 2. The topological polar surface area (TPSA) is 105 Å². The SMILES string of the molecule is CC(C)OC(=O)c1ccc(NC(=O)c2ccc(NC3=C(Cl)C(=O)N(c4ccccc4)C3=O)cc2)cc1. The number of anilines is 3. The Kier molecular flexibility index (Phi) is 7.17. The van der Waals surface area contributed by atoms with Gasteiger partial charge >= 0.3 is 5.97 Å². The predicted molar refractivity (Wildman–Crippen MR) is 137 cm³/mol. The molecule has 0 saturated carbocycles. The molecule has 2 N–H and O–H groups in total. The number of amides is 3. The average Bonchev–Trinajstić information content (AvgIpc) is 3.08. The molecule has 3 amide bonds. The summed E-state index contributed by atoms with van der Waals surface area (Å²) in [4.78, 5) is 50.9. The molecule has 0 spiro atoms. The minimum absolute atomic E-state index is 0.0428. The van der Waals surface area contributed by atoms with Crippen molar-refractivity contribution in [3.8, 4) is 0 Å². The zero-order valence-corrected chi connectivity index (χ0v) is 20.2. The van der Waals surface area contributed by atoms with E-state index in [2.05, 4.69) is 10.6 Å². The Hall–Kier alpha value is -4.43. The number of nitrogens with zero attached hydrogens (tertiary/aromatic N) is 1. The van der Waals surface area contributed by atoms with Gasteiger partial charge in [-0.3, -0.25) is 14.4 Å². The number of halogens is 1. The molecule has 0 aliphatic carbocycles. The van der Waals surface area contributed by atoms with Crippen molar-refractivity contribution in [2.45, 2.75) is 20.0 Å². The minimum atomic E-state index is -0.616. The third-order valence-corrected chi connectivity index (χ3v) is 5.53. The van der Waals surface area contributed by atoms with Crippen LogP contribution >= 0.6 is 11.6 Å². The van der Waals surface area contributed by atoms with E-state index in [9.17, 15) is 19.2 Å². The van der Waals surface area contributed by atoms with Crippen molar-refractivity contribution in [3.63, 3.8) is 0 Å². The second-order valence-electron chi connectivity index (χ2n) is 8.16. The average molecular weight is 504 g/mol. The normalized spacial score (nSPS) is 13.3. The van der Waals surface area contributed by atoms with Crippen molar-refractivity contribution in [1.29, 1.82) is 0 Å². The van der Waals surface area contributed by atoms with Crippen molar-refractivity contribution in [2.75, 3.05) is 15.5 Å². The minimum Gasteiger partial charge on any atom is -0.459 e. The lowest BCUT2D eigenvalue weighted by atomic mass is 10.1. The highest BCUT2D eigenvalue weighted by atomic mass is 35.5. The van der Waals surface area contributed by atoms with Crippen LogP contribution in [0.2, 0.25) is 0 Å². The summed E-state index contributed by atoms with van der Waals surface area (Å²) in [6.07, 6.45) is -0.225. The number of rotatable bonds is 7. The Bertz CT molecular complexity index is 1350. The smallest absolute Gasteiger partial charge is 0.338 e. The van der Waals surface area contributed by atoms with Gasteiger partial charge in [0.2, 0.25) is 0 Å². The standard InChI is InChI=1S/C27H22ClN3O5/c1-16(2)36-27(35)18-10-14-20(15-11-18)30-24(32)17-8-12-19(13-9-17)29-23-22(28)25(33)31(26(23)34)21-6-4-3-5-7-21/h3-16,29H,1-2H3,(H,30,32). The molecule has 36 heavy (non-hydrogen) atoms. The van der Waals surface area contributed by atoms with Crippen molar-refractivity contribution in [2.24, 2.45) is 0 Å². The molecular weight excluding hydrogens is 482 g/mol. The molecule has 8 nitrogen and oxygen atoms in total. The van der Waals surface area contributed by atoms with E-state index in [0.717, 1.165) is 4.90 Å². The van der Waals surface area contributed by atoms with Gasteiger partial charge in [-0.05, 0) is 74.5 Å². The monoisotopic (exact) mass is 503 g/mol. The maximum Gasteiger partial charge on any atom is 0.338 e. The summed E-state index contributed by atoms with van der Waals surface area (Å²) in [5.41, 5.74) is 2.11. The van der Waals surface area contributed by atoms with Gasteiger partial charge in [0.15, 0.2) is 0 Å². The predicted octanol–water partition coefficient (Wildman–Crippen LogP) is 4.94. The summed E-state index contributed by atoms with van der Waals surface area (Å²) in [6, 6.07) is 21.2. The van der Waals surface area contributed by atoms with Gasteiger partial charge in [0.25, 0.3) is 17.7 Å². The van der Waals surface area contributed by atoms with Crippen LogP contribution in [0.4, 0.5) is 17.1 Å². The van der Waals surface area contributed by atoms with Crippen molar-refractivity contribution >= 4 is 52.4 Å². The van der Waals surface area contributed by atoms with E-state index in [1.165, 1.54) is 0 Å². The van der Waals surface area contributed by atoms with Gasteiger partial charge in [0.1, 0.15) is 10.7 Å². The molecule has 0 atom stereocenters. The largest absolute Gasteiger partial charge is 0.459 e. The second-order valence-corrected chi connectivity index (χ2v) is 8.54. The lowest BCUT2D eigenvalue weighted by Gasteiger charge is -2.15. The Labute approximate surface area is 212 Å². The number of esters is 1. The molecule has 0 unspecified atom stereocenters. The zero-order chi connectivity index (χ0) is 25.8. The van der Waals surface area contributed by atoms with E-state index < -0.39 is 17.8 Å². The van der Waals surface area contributed by atoms with E-state index in [1.807, 2.05) is 0 Å². The number of benzene rings is 3. The number of carbonyl (C=O) groups excluding carboxylic acids is 4. The van der Waals surface area contributed by atoms with Crippen LogP contribution in [0.5, 0.6) is 0 Å². The molecule has 9 heteroatoms. The fourth-order valence-corrected chi connectivity index (χ4v) is 3.66. The third-order valence-electron chi connectivity index (χ3n) is 5.18. The van der Waals surface area contributed by atoms with Gasteiger partial charge in [0.05, 0.1) is 17.4 Å². The van der Waals surface area contributed by atoms with Crippen molar-refractivity contribution in [1.82, 2.24) is 0 Å². The Morgan fingerprint density at radius 1 is 0.806 bits per heavy atom. The van der Waals surface area contributed by atoms with Crippen LogP contribution in [0.3, 0.4) is 0 Å². The van der Waals surface area contributed by atoms with Crippen LogP contribution in [0.1, 0.15) is 34.6 Å². The van der Waals surface area contributed by atoms with Crippen LogP contribution in [0.15, 0.2) is 89.6 Å². The quantitative estimate of drug-likeness (QED) is 0.349. The van der Waals surface area contributed by atoms with Crippen LogP contribution < -0.4 is 15.5 Å². The van der Waals surface area contributed by atoms with Crippen LogP contribution in [0, 0.1) is 0 Å². The second kappa shape index (κ2) is 10.5. The Morgan fingerprint density at radius 2 is 1.39 bits per heavy atom. The van der Waals surface area contributed by atoms with Gasteiger partial charge in [-0.25, -0.2) is 9.69 Å². The van der Waals surface area contributed by atoms with E-state index in [-0.39, 0.29) is 22.7 Å². The number of imide groups is 1. The molecule has 0 radical (unpaired) electrons. The Morgan fingerprint density at radius 3 is 2.00 bits per heavy atom. The fourth-order valence-electron chi connectivity index (χ4n) is 3.45. The Balaban J connectivity index is 1.40. The highest BCUT2D eigenvalue weighted by Crippen LogP contribution is 2.30. The summed E-state index contributed by atoms with van der Waals surface area (Å²) < 4.78 is 5.15. The molecule has 1 aliphatic heterocycles. The molecule has 3 aromatic carbocycles. The molecule has 0 saturated heterocycles. The zero-order valence-electron chi connectivity index (χ0n) is 19.4. The fraction of sp³-hybridized carbons (Fsp3) is 0.111. The third kappa shape index (κ3) is 5.29. The number of carbonyl (C=O) groups is 4. The first-order valence-corrected chi connectivity index (χ1v) is 11.5. The number of hydrogen-bond acceptors (Lipinski definition) is 6. The first kappa shape index (κ1) is 24.7. The molecule has 3 aromatic rings. The molecule has 0 bridgehead atoms. The summed E-state index contributed by atoms with van der Waals surface area (Å²) in [6.45, 7) is 3.53. The number of para-hydroxylation sites is 1. The van der Waals surface area contributed by atoms with E-state index in [0.29, 0.717) is 28.2 Å². The highest BCUT2D eigenvalue weighted by Gasteiger charge is 2.38. The molecule has 0 fully saturated rings. The molecule has 4 rings (SSSR count). The summed E-state index contributed by atoms with van der Waals surface area (Å²) >= 11 is 6.16. The molecule has 182 valence electrons. The first-order chi connectivity index (χ1) is 17.2. The molecule has 1 heterocycles. The number of ether oxygens (including phenoxy) is 1. The highest BCUT2D eigenvalue weighted by molar-refractivity contribution is 6.53. The summed E-state index contributed by atoms with van der Waals surface area (Å²) in [5, 5.41) is 5.41. The number of hydrogen-bond donors (Lipinski definition) is 2. The first-order valence-electron chi connectivity index (χ1n) is 11.1. The van der Waals surface area contributed by atoms with Gasteiger partial charge in [-0.15, -0.1) is 0 Å². The van der Waals surface area contributed by atoms with Crippen LogP contribution in [-0.2, 0) is 14.3 Å². The van der Waals surface area contributed by atoms with Crippen molar-refractivity contribution < 1.29 is 23.9 Å². The lowest BCUT2D eigenvalue weighted by Crippen LogP contribution is -2.32. The molecular formula is C27H22ClN3O5. The van der Waals surface area contributed by atoms with E-state index >= 15 is 0 Å². The molecule has 1 aliphatic rings. The van der Waals surface area contributed by atoms with Gasteiger partial charge in [-0.1, -0.05) is 29.8 Å². The van der Waals surface area contributed by atoms with Gasteiger partial charge in [0, 0.05) is 16.9 Å².